The fourth-order valence-corrected chi connectivity index (χ4v) is 4.16. The molecule has 2 aromatic heterocycles. The number of hydrogen-bond acceptors (Lipinski definition) is 5. The van der Waals surface area contributed by atoms with Gasteiger partial charge in [-0.2, -0.15) is 4.98 Å². The lowest BCUT2D eigenvalue weighted by Crippen LogP contribution is -2.25. The van der Waals surface area contributed by atoms with Crippen LogP contribution in [0.2, 0.25) is 5.02 Å². The van der Waals surface area contributed by atoms with Gasteiger partial charge in [-0.15, -0.1) is 0 Å². The van der Waals surface area contributed by atoms with Crippen LogP contribution >= 0.6 is 11.6 Å². The number of halogens is 1. The number of benzene rings is 2. The van der Waals surface area contributed by atoms with E-state index in [2.05, 4.69) is 28.6 Å². The van der Waals surface area contributed by atoms with Gasteiger partial charge in [-0.25, -0.2) is 0 Å². The number of aliphatic carboxylic acids is 1. The average Bonchev–Trinajstić information content (AvgIpc) is 3.34. The molecular weight excluding hydrogens is 428 g/mol. The van der Waals surface area contributed by atoms with Gasteiger partial charge in [0.2, 0.25) is 5.82 Å². The topological polar surface area (TPSA) is 84.4 Å². The Labute approximate surface area is 191 Å². The van der Waals surface area contributed by atoms with Crippen LogP contribution in [0.4, 0.5) is 0 Å². The maximum absolute atomic E-state index is 11.0. The second-order valence-electron chi connectivity index (χ2n) is 8.29. The van der Waals surface area contributed by atoms with E-state index in [1.807, 2.05) is 49.5 Å². The van der Waals surface area contributed by atoms with Crippen LogP contribution in [-0.2, 0) is 11.3 Å². The molecule has 0 aliphatic heterocycles. The molecule has 4 rings (SSSR count). The van der Waals surface area contributed by atoms with Crippen molar-refractivity contribution < 1.29 is 14.4 Å². The molecule has 0 spiro atoms. The largest absolute Gasteiger partial charge is 0.480 e. The summed E-state index contributed by atoms with van der Waals surface area (Å²) in [7, 11) is 1.78. The summed E-state index contributed by atoms with van der Waals surface area (Å²) < 4.78 is 7.71. The van der Waals surface area contributed by atoms with Gasteiger partial charge >= 0.3 is 5.97 Å². The van der Waals surface area contributed by atoms with E-state index < -0.39 is 5.97 Å². The molecule has 0 aliphatic carbocycles. The Morgan fingerprint density at radius 1 is 1.28 bits per heavy atom. The Morgan fingerprint density at radius 2 is 2.06 bits per heavy atom. The molecule has 0 saturated carbocycles. The molecular formula is C24H25ClN4O3. The molecule has 166 valence electrons. The Kier molecular flexibility index (Phi) is 6.04. The van der Waals surface area contributed by atoms with Crippen LogP contribution in [0.5, 0.6) is 0 Å². The first kappa shape index (κ1) is 22.0. The summed E-state index contributed by atoms with van der Waals surface area (Å²) in [5.41, 5.74) is 4.72. The Morgan fingerprint density at radius 3 is 2.78 bits per heavy atom. The summed E-state index contributed by atoms with van der Waals surface area (Å²) in [6.07, 6.45) is 1.94. The third-order valence-corrected chi connectivity index (χ3v) is 5.85. The van der Waals surface area contributed by atoms with Crippen LogP contribution < -0.4 is 0 Å². The summed E-state index contributed by atoms with van der Waals surface area (Å²) in [6, 6.07) is 12.1. The number of aromatic nitrogens is 3. The minimum atomic E-state index is -0.857. The standard InChI is InChI=1S/C24H25ClN4O3/c1-14(2)29-12-20(25)19-10-16(8-9-21(19)29)24-26-23(27-32-24)18-7-5-6-17(15(18)3)11-28(4)13-22(30)31/h5-10,12,14H,11,13H2,1-4H3,(H,30,31). The van der Waals surface area contributed by atoms with Gasteiger partial charge in [0.15, 0.2) is 0 Å². The number of rotatable bonds is 7. The van der Waals surface area contributed by atoms with Crippen LogP contribution in [0.1, 0.15) is 31.0 Å². The quantitative estimate of drug-likeness (QED) is 0.403. The fraction of sp³-hybridized carbons (Fsp3) is 0.292. The number of carbonyl (C=O) groups is 1. The second-order valence-corrected chi connectivity index (χ2v) is 8.70. The number of carboxylic acids is 1. The Balaban J connectivity index is 1.65. The molecule has 7 nitrogen and oxygen atoms in total. The molecule has 0 unspecified atom stereocenters. The molecule has 8 heteroatoms. The van der Waals surface area contributed by atoms with Crippen LogP contribution in [0, 0.1) is 6.92 Å². The van der Waals surface area contributed by atoms with E-state index in [0.717, 1.165) is 33.2 Å². The van der Waals surface area contributed by atoms with Gasteiger partial charge in [0.05, 0.1) is 11.6 Å². The van der Waals surface area contributed by atoms with Gasteiger partial charge in [-0.3, -0.25) is 9.69 Å². The Hall–Kier alpha value is -3.16. The number of likely N-dealkylation sites (N-methyl/N-ethyl adjacent to an activating group) is 1. The fourth-order valence-electron chi connectivity index (χ4n) is 3.90. The van der Waals surface area contributed by atoms with Crippen LogP contribution in [0.25, 0.3) is 33.7 Å². The highest BCUT2D eigenvalue weighted by Gasteiger charge is 2.17. The third kappa shape index (κ3) is 4.26. The number of fused-ring (bicyclic) bond motifs is 1. The third-order valence-electron chi connectivity index (χ3n) is 5.55. The van der Waals surface area contributed by atoms with E-state index in [-0.39, 0.29) is 6.54 Å². The van der Waals surface area contributed by atoms with Crippen molar-refractivity contribution in [1.29, 1.82) is 0 Å². The summed E-state index contributed by atoms with van der Waals surface area (Å²) in [5.74, 6) is 0.0548. The van der Waals surface area contributed by atoms with Crippen LogP contribution in [-0.4, -0.2) is 44.3 Å². The molecule has 0 aliphatic rings. The van der Waals surface area contributed by atoms with Crippen molar-refractivity contribution >= 4 is 28.5 Å². The predicted octanol–water partition coefficient (Wildman–Crippen LogP) is 5.42. The highest BCUT2D eigenvalue weighted by molar-refractivity contribution is 6.35. The summed E-state index contributed by atoms with van der Waals surface area (Å²) in [5, 5.41) is 14.8. The maximum atomic E-state index is 11.0. The molecule has 0 radical (unpaired) electrons. The van der Waals surface area contributed by atoms with Crippen molar-refractivity contribution in [2.24, 2.45) is 0 Å². The molecule has 4 aromatic rings. The van der Waals surface area contributed by atoms with Gasteiger partial charge < -0.3 is 14.2 Å². The molecule has 0 atom stereocenters. The zero-order valence-corrected chi connectivity index (χ0v) is 19.2. The van der Waals surface area contributed by atoms with E-state index in [0.29, 0.717) is 29.3 Å². The van der Waals surface area contributed by atoms with Crippen molar-refractivity contribution in [2.45, 2.75) is 33.4 Å². The lowest BCUT2D eigenvalue weighted by Gasteiger charge is -2.16. The molecule has 0 amide bonds. The predicted molar refractivity (Wildman–Crippen MR) is 125 cm³/mol. The van der Waals surface area contributed by atoms with Gasteiger partial charge in [0.1, 0.15) is 0 Å². The smallest absolute Gasteiger partial charge is 0.317 e. The number of carboxylic acid groups (broad SMARTS) is 1. The van der Waals surface area contributed by atoms with E-state index in [1.54, 1.807) is 11.9 Å². The molecule has 2 heterocycles. The monoisotopic (exact) mass is 452 g/mol. The zero-order chi connectivity index (χ0) is 23.0. The molecule has 0 fully saturated rings. The van der Waals surface area contributed by atoms with E-state index in [1.165, 1.54) is 0 Å². The first-order valence-corrected chi connectivity index (χ1v) is 10.8. The van der Waals surface area contributed by atoms with Crippen molar-refractivity contribution in [3.63, 3.8) is 0 Å². The zero-order valence-electron chi connectivity index (χ0n) is 18.5. The SMILES string of the molecule is Cc1c(CN(C)CC(=O)O)cccc1-c1noc(-c2ccc3c(c2)c(Cl)cn3C(C)C)n1. The van der Waals surface area contributed by atoms with Crippen molar-refractivity contribution in [1.82, 2.24) is 19.6 Å². The first-order valence-electron chi connectivity index (χ1n) is 10.4. The molecule has 0 bridgehead atoms. The normalized spacial score (nSPS) is 11.7. The lowest BCUT2D eigenvalue weighted by atomic mass is 10.0. The highest BCUT2D eigenvalue weighted by atomic mass is 35.5. The van der Waals surface area contributed by atoms with Gasteiger partial charge in [-0.1, -0.05) is 35.0 Å². The summed E-state index contributed by atoms with van der Waals surface area (Å²) >= 11 is 6.47. The maximum Gasteiger partial charge on any atom is 0.317 e. The van der Waals surface area contributed by atoms with Crippen molar-refractivity contribution in [3.8, 4) is 22.8 Å². The average molecular weight is 453 g/mol. The van der Waals surface area contributed by atoms with Crippen molar-refractivity contribution in [3.05, 3.63) is 58.7 Å². The summed E-state index contributed by atoms with van der Waals surface area (Å²) in [6.45, 7) is 6.70. The van der Waals surface area contributed by atoms with E-state index in [4.69, 9.17) is 21.2 Å². The molecule has 32 heavy (non-hydrogen) atoms. The Bertz CT molecular complexity index is 1290. The minimum Gasteiger partial charge on any atom is -0.480 e. The van der Waals surface area contributed by atoms with Gasteiger partial charge in [-0.05, 0) is 57.1 Å². The van der Waals surface area contributed by atoms with E-state index in [9.17, 15) is 4.79 Å². The molecule has 0 saturated heterocycles. The van der Waals surface area contributed by atoms with Gasteiger partial charge in [0, 0.05) is 40.8 Å². The van der Waals surface area contributed by atoms with Crippen LogP contribution in [0.3, 0.4) is 0 Å². The molecule has 1 N–H and O–H groups in total. The summed E-state index contributed by atoms with van der Waals surface area (Å²) in [4.78, 5) is 17.3. The van der Waals surface area contributed by atoms with Crippen molar-refractivity contribution in [2.75, 3.05) is 13.6 Å². The minimum absolute atomic E-state index is 0.0282. The second kappa shape index (κ2) is 8.76. The number of nitrogens with zero attached hydrogens (tertiary/aromatic N) is 4. The van der Waals surface area contributed by atoms with E-state index >= 15 is 0 Å². The van der Waals surface area contributed by atoms with Gasteiger partial charge in [0.25, 0.3) is 5.89 Å². The number of hydrogen-bond donors (Lipinski definition) is 1. The van der Waals surface area contributed by atoms with Crippen LogP contribution in [0.15, 0.2) is 47.1 Å². The molecule has 2 aromatic carbocycles. The lowest BCUT2D eigenvalue weighted by molar-refractivity contribution is -0.138. The highest BCUT2D eigenvalue weighted by Crippen LogP contribution is 2.33. The first-order chi connectivity index (χ1) is 15.2.